The first-order valence-corrected chi connectivity index (χ1v) is 12.6. The number of amides is 1. The SMILES string of the molecule is C.O=P(Cl)(Cl)Cl.[2H]I.[C-]#[N+]c1ccc2c(c1)CC(=O)N2.[C-]#[N+]c1ccc2c(c1)CC(Cl)=N2. The number of hydrogen-bond acceptors (Lipinski definition) is 3. The fourth-order valence-electron chi connectivity index (χ4n) is 2.50. The molecule has 4 rings (SSSR count). The number of nitrogens with one attached hydrogen (secondary N) is 1. The smallest absolute Gasteiger partial charge is 0.326 e. The molecule has 2 aliphatic rings. The predicted molar refractivity (Wildman–Crippen MR) is 142 cm³/mol. The van der Waals surface area contributed by atoms with E-state index in [4.69, 9.17) is 25.3 Å². The molecule has 0 bridgehead atoms. The van der Waals surface area contributed by atoms with Gasteiger partial charge in [0.05, 0.1) is 25.3 Å². The quantitative estimate of drug-likeness (QED) is 0.179. The molecule has 0 radical (unpaired) electrons. The number of fused-ring (bicyclic) bond motifs is 2. The molecule has 6 nitrogen and oxygen atoms in total. The Morgan fingerprint density at radius 3 is 2.10 bits per heavy atom. The van der Waals surface area contributed by atoms with Crippen molar-refractivity contribution in [1.82, 2.24) is 0 Å². The minimum Gasteiger partial charge on any atom is -0.326 e. The van der Waals surface area contributed by atoms with Gasteiger partial charge >= 0.3 is 5.20 Å². The lowest BCUT2D eigenvalue weighted by molar-refractivity contribution is -0.115. The van der Waals surface area contributed by atoms with Gasteiger partial charge in [-0.05, 0) is 57.0 Å². The van der Waals surface area contributed by atoms with E-state index in [1.54, 1.807) is 24.3 Å². The lowest BCUT2D eigenvalue weighted by Gasteiger charge is -1.96. The zero-order valence-corrected chi connectivity index (χ0v) is 20.9. The van der Waals surface area contributed by atoms with E-state index in [9.17, 15) is 9.36 Å². The van der Waals surface area contributed by atoms with Crippen molar-refractivity contribution in [2.45, 2.75) is 20.3 Å². The maximum Gasteiger partial charge on any atom is 0.339 e. The van der Waals surface area contributed by atoms with Crippen molar-refractivity contribution in [3.05, 3.63) is 70.4 Å². The summed E-state index contributed by atoms with van der Waals surface area (Å²) in [4.78, 5) is 21.6. The minimum atomic E-state index is -3.22. The van der Waals surface area contributed by atoms with Crippen molar-refractivity contribution in [2.75, 3.05) is 5.32 Å². The highest BCUT2D eigenvalue weighted by Crippen LogP contribution is 2.61. The second kappa shape index (κ2) is 13.3. The molecule has 0 saturated carbocycles. The molecule has 0 atom stereocenters. The predicted octanol–water partition coefficient (Wildman–Crippen LogP) is 8.86. The van der Waals surface area contributed by atoms with Crippen LogP contribution < -0.4 is 5.32 Å². The number of aliphatic imine (C=N–C) groups is 1. The maximum absolute atomic E-state index is 10.9. The first-order valence-electron chi connectivity index (χ1n) is 8.19. The molecule has 0 aromatic heterocycles. The summed E-state index contributed by atoms with van der Waals surface area (Å²) in [5, 5.41) is 0.0885. The molecule has 1 amide bonds. The van der Waals surface area contributed by atoms with Crippen LogP contribution in [0.5, 0.6) is 0 Å². The van der Waals surface area contributed by atoms with E-state index in [2.05, 4.69) is 53.7 Å². The highest BCUT2D eigenvalue weighted by atomic mass is 127. The van der Waals surface area contributed by atoms with Crippen LogP contribution in [0, 0.1) is 13.1 Å². The van der Waals surface area contributed by atoms with Crippen LogP contribution in [0.4, 0.5) is 22.7 Å². The first kappa shape index (κ1) is 27.7. The van der Waals surface area contributed by atoms with E-state index in [0.29, 0.717) is 29.4 Å². The fourth-order valence-corrected chi connectivity index (χ4v) is 2.74. The van der Waals surface area contributed by atoms with E-state index in [1.165, 1.54) is 23.8 Å². The number of hydrogen-bond donors (Lipinski definition) is 1. The Hall–Kier alpha value is -1.32. The molecule has 0 unspecified atom stereocenters. The molecule has 2 aromatic carbocycles. The average Bonchev–Trinajstić information content (AvgIpc) is 3.27. The molecule has 2 heterocycles. The maximum atomic E-state index is 10.9. The number of benzene rings is 2. The van der Waals surface area contributed by atoms with E-state index in [1.807, 2.05) is 12.1 Å². The second-order valence-corrected chi connectivity index (χ2v) is 12.7. The van der Waals surface area contributed by atoms with Gasteiger partial charge in [0, 0.05) is 12.1 Å². The summed E-state index contributed by atoms with van der Waals surface area (Å²) in [7, 11) is 0. The van der Waals surface area contributed by atoms with Crippen molar-refractivity contribution >= 4 is 108 Å². The van der Waals surface area contributed by atoms with Crippen LogP contribution in [-0.2, 0) is 22.2 Å². The van der Waals surface area contributed by atoms with Crippen LogP contribution in [0.25, 0.3) is 9.69 Å². The molecule has 0 spiro atoms. The Morgan fingerprint density at radius 1 is 1.03 bits per heavy atom. The summed E-state index contributed by atoms with van der Waals surface area (Å²) in [5.74, 6) is 0.00660. The highest BCUT2D eigenvalue weighted by molar-refractivity contribution is 14.0. The summed E-state index contributed by atoms with van der Waals surface area (Å²) in [6.45, 7) is 13.6. The lowest BCUT2D eigenvalue weighted by atomic mass is 10.1. The van der Waals surface area contributed by atoms with Crippen LogP contribution in [0.3, 0.4) is 0 Å². The van der Waals surface area contributed by atoms with Gasteiger partial charge in [0.15, 0.2) is 11.4 Å². The number of halogens is 5. The van der Waals surface area contributed by atoms with Crippen LogP contribution in [0.2, 0.25) is 0 Å². The normalized spacial score (nSPS) is 12.5. The van der Waals surface area contributed by atoms with E-state index in [0.717, 1.165) is 22.5 Å². The molecule has 0 saturated heterocycles. The van der Waals surface area contributed by atoms with Gasteiger partial charge in [-0.1, -0.05) is 43.3 Å². The van der Waals surface area contributed by atoms with Crippen molar-refractivity contribution in [3.63, 3.8) is 0 Å². The summed E-state index contributed by atoms with van der Waals surface area (Å²) >= 11 is 21.0. The second-order valence-electron chi connectivity index (χ2n) is 5.67. The van der Waals surface area contributed by atoms with Crippen molar-refractivity contribution in [1.29, 1.82) is 0.594 Å². The van der Waals surface area contributed by atoms with Crippen LogP contribution in [0.15, 0.2) is 41.4 Å². The van der Waals surface area contributed by atoms with Gasteiger partial charge in [-0.2, -0.15) is 0 Å². The Labute approximate surface area is 217 Å². The third-order valence-electron chi connectivity index (χ3n) is 3.61. The Kier molecular flexibility index (Phi) is 11.9. The lowest BCUT2D eigenvalue weighted by Crippen LogP contribution is -2.03. The molecule has 0 fully saturated rings. The van der Waals surface area contributed by atoms with Gasteiger partial charge in [0.1, 0.15) is 5.76 Å². The Bertz CT molecular complexity index is 1120. The molecule has 164 valence electrons. The van der Waals surface area contributed by atoms with E-state index < -0.39 is 5.20 Å². The highest BCUT2D eigenvalue weighted by Gasteiger charge is 2.16. The van der Waals surface area contributed by atoms with Crippen molar-refractivity contribution < 1.29 is 9.36 Å². The number of anilines is 1. The van der Waals surface area contributed by atoms with Gasteiger partial charge < -0.3 is 5.32 Å². The largest absolute Gasteiger partial charge is 0.339 e. The zero-order valence-electron chi connectivity index (χ0n) is 15.9. The summed E-state index contributed by atoms with van der Waals surface area (Å²) in [6, 6.07) is 10.6. The Morgan fingerprint density at radius 2 is 1.55 bits per heavy atom. The van der Waals surface area contributed by atoms with E-state index >= 15 is 0 Å². The fraction of sp³-hybridized carbons (Fsp3) is 0.158. The number of carbonyl (C=O) groups excluding carboxylic acids is 1. The topological polar surface area (TPSA) is 67.2 Å². The Balaban J connectivity index is 0.000000459. The summed E-state index contributed by atoms with van der Waals surface area (Å²) < 4.78 is 15.2. The van der Waals surface area contributed by atoms with Crippen LogP contribution >= 0.6 is 74.3 Å². The molecule has 31 heavy (non-hydrogen) atoms. The number of nitrogens with zero attached hydrogens (tertiary/aromatic N) is 3. The minimum absolute atomic E-state index is 0. The molecular weight excluding hydrogens is 616 g/mol. The van der Waals surface area contributed by atoms with Crippen molar-refractivity contribution in [3.8, 4) is 0 Å². The molecule has 2 aromatic rings. The number of rotatable bonds is 0. The average molecular weight is 633 g/mol. The molecular formula is C19H16Cl4IN4O2P. The zero-order chi connectivity index (χ0) is 23.6. The monoisotopic (exact) mass is 631 g/mol. The summed E-state index contributed by atoms with van der Waals surface area (Å²) in [6.07, 6.45) is 1.07. The standard InChI is InChI=1S/C9H5ClN2.C9H6N2O.CH4.Cl3OP.HI/c1-11-7-2-3-8-6(4-7)5-9(10)12-8;1-10-7-2-3-8-6(4-7)5-9(12)11-8;;1-5(2,3)4;/h2-4H,5H2;2-4H,5H2,(H,11,12);1H4;;1H/i/hD. The van der Waals surface area contributed by atoms with Gasteiger partial charge in [0.25, 0.3) is 0 Å². The van der Waals surface area contributed by atoms with E-state index in [-0.39, 0.29) is 13.3 Å². The summed E-state index contributed by atoms with van der Waals surface area (Å²) in [5.41, 5.74) is 4.95. The molecule has 0 aliphatic carbocycles. The first-order chi connectivity index (χ1) is 14.6. The van der Waals surface area contributed by atoms with Crippen LogP contribution in [-0.4, -0.2) is 11.7 Å². The van der Waals surface area contributed by atoms with Gasteiger partial charge in [-0.3, -0.25) is 9.36 Å². The third kappa shape index (κ3) is 10.2. The van der Waals surface area contributed by atoms with Crippen LogP contribution in [0.1, 0.15) is 18.6 Å². The number of carbonyl (C=O) groups is 1. The van der Waals surface area contributed by atoms with Gasteiger partial charge in [-0.15, -0.1) is 23.8 Å². The van der Waals surface area contributed by atoms with Gasteiger partial charge in [0.2, 0.25) is 5.91 Å². The van der Waals surface area contributed by atoms with Crippen molar-refractivity contribution in [2.24, 2.45) is 4.99 Å². The third-order valence-corrected chi connectivity index (χ3v) is 3.83. The molecule has 1 N–H and O–H groups in total. The molecule has 12 heteroatoms. The molecule has 2 aliphatic heterocycles. The van der Waals surface area contributed by atoms with Gasteiger partial charge in [-0.25, -0.2) is 14.7 Å².